The number of fused-ring (bicyclic) bond motifs is 3. The average Bonchev–Trinajstić information content (AvgIpc) is 2.73. The first-order chi connectivity index (χ1) is 8.58. The van der Waals surface area contributed by atoms with E-state index in [9.17, 15) is 15.3 Å². The van der Waals surface area contributed by atoms with E-state index in [1.54, 1.807) is 12.1 Å². The molecule has 0 unspecified atom stereocenters. The largest absolute Gasteiger partial charge is 0.594 e. The van der Waals surface area contributed by atoms with Gasteiger partial charge in [0.1, 0.15) is 11.7 Å². The third-order valence-corrected chi connectivity index (χ3v) is 2.71. The quantitative estimate of drug-likeness (QED) is 0.284. The molecule has 0 aliphatic carbocycles. The third kappa shape index (κ3) is 1.36. The second kappa shape index (κ2) is 3.50. The third-order valence-electron chi connectivity index (χ3n) is 2.48. The summed E-state index contributed by atoms with van der Waals surface area (Å²) in [6, 6.07) is 4.54. The zero-order valence-electron chi connectivity index (χ0n) is 8.65. The minimum atomic E-state index is -0.642. The van der Waals surface area contributed by atoms with Crippen molar-refractivity contribution in [1.29, 1.82) is 0 Å². The molecule has 2 aromatic heterocycles. The molecular formula is C9H4ClN5O3. The number of hydrogen-bond acceptors (Lipinski definition) is 5. The molecule has 0 amide bonds. The van der Waals surface area contributed by atoms with Crippen molar-refractivity contribution in [3.8, 4) is 0 Å². The summed E-state index contributed by atoms with van der Waals surface area (Å²) < 4.78 is 1.23. The van der Waals surface area contributed by atoms with E-state index >= 15 is 0 Å². The highest BCUT2D eigenvalue weighted by molar-refractivity contribution is 6.31. The number of rotatable bonds is 1. The highest BCUT2D eigenvalue weighted by atomic mass is 35.5. The Morgan fingerprint density at radius 2 is 2.22 bits per heavy atom. The minimum absolute atomic E-state index is 0.107. The molecule has 0 saturated carbocycles. The zero-order valence-corrected chi connectivity index (χ0v) is 9.40. The molecule has 90 valence electrons. The molecule has 18 heavy (non-hydrogen) atoms. The molecule has 1 aromatic carbocycles. The van der Waals surface area contributed by atoms with Gasteiger partial charge in [0, 0.05) is 16.2 Å². The molecule has 0 bridgehead atoms. The number of aromatic nitrogens is 4. The Morgan fingerprint density at radius 3 is 2.94 bits per heavy atom. The monoisotopic (exact) mass is 265 g/mol. The summed E-state index contributed by atoms with van der Waals surface area (Å²) in [5.74, 6) is 0. The molecule has 8 nitrogen and oxygen atoms in total. The maximum atomic E-state index is 11.7. The Morgan fingerprint density at radius 1 is 1.44 bits per heavy atom. The van der Waals surface area contributed by atoms with Crippen LogP contribution in [0.3, 0.4) is 0 Å². The predicted octanol–water partition coefficient (Wildman–Crippen LogP) is 1.08. The van der Waals surface area contributed by atoms with Crippen LogP contribution in [0.15, 0.2) is 24.4 Å². The summed E-state index contributed by atoms with van der Waals surface area (Å²) in [6.07, 6.45) is 1.05. The summed E-state index contributed by atoms with van der Waals surface area (Å²) in [6.45, 7) is 0. The van der Waals surface area contributed by atoms with Gasteiger partial charge in [-0.25, -0.2) is 0 Å². The Hall–Kier alpha value is -2.48. The maximum Gasteiger partial charge on any atom is 0.339 e. The first-order valence-electron chi connectivity index (χ1n) is 4.79. The zero-order chi connectivity index (χ0) is 12.9. The molecule has 0 spiro atoms. The molecule has 0 aliphatic heterocycles. The molecule has 0 radical (unpaired) electrons. The standard InChI is InChI=1S/C9H4ClN5O3/c10-5-1-2-6-7(3-5)14(16)12-9-8(15(17)18)4-11-13(6)9/h1-4H. The Balaban J connectivity index is 2.52. The van der Waals surface area contributed by atoms with Crippen LogP contribution in [0.1, 0.15) is 0 Å². The van der Waals surface area contributed by atoms with E-state index in [1.807, 2.05) is 0 Å². The summed E-state index contributed by atoms with van der Waals surface area (Å²) in [7, 11) is 0. The van der Waals surface area contributed by atoms with Gasteiger partial charge in [0.05, 0.1) is 4.92 Å². The summed E-state index contributed by atoms with van der Waals surface area (Å²) >= 11 is 5.78. The van der Waals surface area contributed by atoms with Crippen LogP contribution < -0.4 is 4.85 Å². The van der Waals surface area contributed by atoms with Gasteiger partial charge in [-0.05, 0) is 17.0 Å². The van der Waals surface area contributed by atoms with Gasteiger partial charge in [-0.1, -0.05) is 11.6 Å². The molecule has 3 rings (SSSR count). The molecule has 0 atom stereocenters. The second-order valence-electron chi connectivity index (χ2n) is 3.53. The smallest absolute Gasteiger partial charge is 0.339 e. The van der Waals surface area contributed by atoms with E-state index in [2.05, 4.69) is 10.2 Å². The lowest BCUT2D eigenvalue weighted by atomic mass is 10.3. The summed E-state index contributed by atoms with van der Waals surface area (Å²) in [4.78, 5) is 10.4. The van der Waals surface area contributed by atoms with Gasteiger partial charge in [-0.15, -0.1) is 0 Å². The number of nitro groups is 1. The fourth-order valence-electron chi connectivity index (χ4n) is 1.70. The van der Waals surface area contributed by atoms with Crippen LogP contribution in [0.2, 0.25) is 5.02 Å². The first kappa shape index (κ1) is 10.7. The van der Waals surface area contributed by atoms with Gasteiger partial charge in [0.15, 0.2) is 0 Å². The van der Waals surface area contributed by atoms with Crippen LogP contribution in [0, 0.1) is 15.3 Å². The summed E-state index contributed by atoms with van der Waals surface area (Å²) in [5.41, 5.74) is 0.154. The van der Waals surface area contributed by atoms with Gasteiger partial charge >= 0.3 is 11.3 Å². The van der Waals surface area contributed by atoms with E-state index < -0.39 is 4.92 Å². The molecule has 3 aromatic rings. The van der Waals surface area contributed by atoms with Crippen molar-refractivity contribution in [3.05, 3.63) is 44.7 Å². The average molecular weight is 266 g/mol. The van der Waals surface area contributed by atoms with Gasteiger partial charge in [0.2, 0.25) is 0 Å². The van der Waals surface area contributed by atoms with Crippen LogP contribution >= 0.6 is 11.6 Å². The second-order valence-corrected chi connectivity index (χ2v) is 3.96. The Labute approximate surface area is 104 Å². The molecule has 0 fully saturated rings. The van der Waals surface area contributed by atoms with E-state index in [0.717, 1.165) is 6.20 Å². The van der Waals surface area contributed by atoms with Crippen molar-refractivity contribution < 1.29 is 9.77 Å². The fraction of sp³-hybridized carbons (Fsp3) is 0. The van der Waals surface area contributed by atoms with Crippen molar-refractivity contribution in [2.75, 3.05) is 0 Å². The van der Waals surface area contributed by atoms with Gasteiger partial charge in [-0.2, -0.15) is 9.61 Å². The lowest BCUT2D eigenvalue weighted by Crippen LogP contribution is -2.33. The lowest BCUT2D eigenvalue weighted by Gasteiger charge is -2.01. The summed E-state index contributed by atoms with van der Waals surface area (Å²) in [5, 5.41) is 30.3. The maximum absolute atomic E-state index is 11.7. The Kier molecular flexibility index (Phi) is 2.08. The van der Waals surface area contributed by atoms with Crippen molar-refractivity contribution in [1.82, 2.24) is 14.7 Å². The molecular weight excluding hydrogens is 262 g/mol. The van der Waals surface area contributed by atoms with Crippen molar-refractivity contribution in [2.45, 2.75) is 0 Å². The number of nitrogens with zero attached hydrogens (tertiary/aromatic N) is 5. The topological polar surface area (TPSA) is 100 Å². The molecule has 2 heterocycles. The van der Waals surface area contributed by atoms with Crippen molar-refractivity contribution in [3.63, 3.8) is 0 Å². The van der Waals surface area contributed by atoms with Crippen LogP contribution in [0.5, 0.6) is 0 Å². The van der Waals surface area contributed by atoms with E-state index in [1.165, 1.54) is 10.6 Å². The number of halogens is 1. The first-order valence-corrected chi connectivity index (χ1v) is 5.17. The van der Waals surface area contributed by atoms with Crippen LogP contribution in [-0.2, 0) is 0 Å². The fourth-order valence-corrected chi connectivity index (χ4v) is 1.87. The van der Waals surface area contributed by atoms with Crippen molar-refractivity contribution >= 4 is 34.0 Å². The van der Waals surface area contributed by atoms with Crippen LogP contribution in [0.4, 0.5) is 5.69 Å². The highest BCUT2D eigenvalue weighted by Gasteiger charge is 2.22. The van der Waals surface area contributed by atoms with E-state index in [0.29, 0.717) is 15.4 Å². The normalized spacial score (nSPS) is 11.2. The van der Waals surface area contributed by atoms with Gasteiger partial charge in [-0.3, -0.25) is 10.1 Å². The van der Waals surface area contributed by atoms with Gasteiger partial charge in [0.25, 0.3) is 5.52 Å². The molecule has 0 N–H and O–H groups in total. The van der Waals surface area contributed by atoms with E-state index in [-0.39, 0.29) is 16.9 Å². The van der Waals surface area contributed by atoms with Crippen molar-refractivity contribution in [2.24, 2.45) is 0 Å². The molecule has 0 saturated heterocycles. The lowest BCUT2D eigenvalue weighted by molar-refractivity contribution is -0.640. The highest BCUT2D eigenvalue weighted by Crippen LogP contribution is 2.21. The minimum Gasteiger partial charge on any atom is -0.594 e. The number of hydrogen-bond donors (Lipinski definition) is 0. The number of benzene rings is 1. The SMILES string of the molecule is O=[N+]([O-])c1cnn2c1n[n+]([O-])c1cc(Cl)ccc12. The predicted molar refractivity (Wildman–Crippen MR) is 61.1 cm³/mol. The van der Waals surface area contributed by atoms with Gasteiger partial charge < -0.3 is 5.21 Å². The van der Waals surface area contributed by atoms with Crippen LogP contribution in [-0.4, -0.2) is 19.6 Å². The van der Waals surface area contributed by atoms with Crippen LogP contribution in [0.25, 0.3) is 16.7 Å². The molecule has 0 aliphatic rings. The Bertz CT molecular complexity index is 800. The molecule has 9 heteroatoms. The van der Waals surface area contributed by atoms with E-state index in [4.69, 9.17) is 11.6 Å².